The smallest absolute Gasteiger partial charge is 0.143 e. The first kappa shape index (κ1) is 37.1. The van der Waals surface area contributed by atoms with Crippen LogP contribution in [0.25, 0.3) is 76.9 Å². The largest absolute Gasteiger partial charge is 0.455 e. The summed E-state index contributed by atoms with van der Waals surface area (Å²) in [5.41, 5.74) is 16.8. The predicted molar refractivity (Wildman–Crippen MR) is 272 cm³/mol. The Kier molecular flexibility index (Phi) is 8.47. The third-order valence-corrected chi connectivity index (χ3v) is 13.8. The summed E-state index contributed by atoms with van der Waals surface area (Å²) < 4.78 is 6.60. The molecule has 13 rings (SSSR count). The van der Waals surface area contributed by atoms with E-state index in [1.807, 2.05) is 6.07 Å². The van der Waals surface area contributed by atoms with Crippen LogP contribution in [0.2, 0.25) is 0 Å². The van der Waals surface area contributed by atoms with Gasteiger partial charge in [-0.25, -0.2) is 0 Å². The molecule has 0 fully saturated rings. The molecule has 0 saturated carbocycles. The van der Waals surface area contributed by atoms with Crippen LogP contribution in [0.15, 0.2) is 253 Å². The van der Waals surface area contributed by atoms with Crippen LogP contribution in [0.1, 0.15) is 22.3 Å². The highest BCUT2D eigenvalue weighted by Crippen LogP contribution is 2.57. The number of hydrogen-bond acceptors (Lipinski definition) is 2. The molecule has 0 spiro atoms. The third kappa shape index (κ3) is 5.67. The zero-order valence-electron chi connectivity index (χ0n) is 35.5. The molecule has 0 unspecified atom stereocenters. The van der Waals surface area contributed by atoms with E-state index in [0.717, 1.165) is 60.9 Å². The Labute approximate surface area is 377 Å². The molecule has 2 nitrogen and oxygen atoms in total. The van der Waals surface area contributed by atoms with Crippen LogP contribution < -0.4 is 4.90 Å². The van der Waals surface area contributed by atoms with Gasteiger partial charge in [0.15, 0.2) is 0 Å². The minimum Gasteiger partial charge on any atom is -0.455 e. The number of fused-ring (bicyclic) bond motifs is 9. The van der Waals surface area contributed by atoms with Gasteiger partial charge in [-0.3, -0.25) is 0 Å². The van der Waals surface area contributed by atoms with Gasteiger partial charge in [0, 0.05) is 33.1 Å². The van der Waals surface area contributed by atoms with Gasteiger partial charge in [0.2, 0.25) is 0 Å². The van der Waals surface area contributed by atoms with Crippen molar-refractivity contribution >= 4 is 60.5 Å². The maximum absolute atomic E-state index is 6.60. The van der Waals surface area contributed by atoms with E-state index >= 15 is 0 Å². The Morgan fingerprint density at radius 1 is 0.323 bits per heavy atom. The fourth-order valence-corrected chi connectivity index (χ4v) is 10.9. The van der Waals surface area contributed by atoms with Gasteiger partial charge in [-0.05, 0) is 109 Å². The SMILES string of the molecule is c1ccc(C2(c3ccccc3)c3ccccc3-c3ccc(N(c4ccc(-c5cccc6ccccc56)cc4)c4ccccc4-c4cccc5c4ccc4c6ccccc6oc54)cc32)cc1. The average Bonchev–Trinajstić information content (AvgIpc) is 3.91. The van der Waals surface area contributed by atoms with E-state index in [4.69, 9.17) is 4.42 Å². The van der Waals surface area contributed by atoms with Gasteiger partial charge in [0.1, 0.15) is 11.2 Å². The van der Waals surface area contributed by atoms with Crippen LogP contribution in [-0.4, -0.2) is 0 Å². The van der Waals surface area contributed by atoms with Gasteiger partial charge >= 0.3 is 0 Å². The first-order valence-electron chi connectivity index (χ1n) is 22.4. The van der Waals surface area contributed by atoms with Crippen molar-refractivity contribution in [1.29, 1.82) is 0 Å². The molecule has 1 aliphatic carbocycles. The van der Waals surface area contributed by atoms with Crippen molar-refractivity contribution in [3.05, 3.63) is 271 Å². The maximum Gasteiger partial charge on any atom is 0.143 e. The van der Waals surface area contributed by atoms with Crippen molar-refractivity contribution in [2.24, 2.45) is 0 Å². The summed E-state index contributed by atoms with van der Waals surface area (Å²) in [6.07, 6.45) is 0. The molecule has 0 aliphatic heterocycles. The van der Waals surface area contributed by atoms with Crippen LogP contribution in [0, 0.1) is 0 Å². The van der Waals surface area contributed by atoms with Gasteiger partial charge in [-0.15, -0.1) is 0 Å². The molecule has 2 heteroatoms. The quantitative estimate of drug-likeness (QED) is 0.159. The fraction of sp³-hybridized carbons (Fsp3) is 0.0159. The number of rotatable bonds is 7. The molecule has 0 N–H and O–H groups in total. The summed E-state index contributed by atoms with van der Waals surface area (Å²) in [4.78, 5) is 2.46. The van der Waals surface area contributed by atoms with Crippen molar-refractivity contribution in [2.45, 2.75) is 5.41 Å². The lowest BCUT2D eigenvalue weighted by atomic mass is 9.67. The van der Waals surface area contributed by atoms with E-state index in [9.17, 15) is 0 Å². The van der Waals surface area contributed by atoms with E-state index in [0.29, 0.717) is 0 Å². The van der Waals surface area contributed by atoms with E-state index in [1.54, 1.807) is 0 Å². The summed E-state index contributed by atoms with van der Waals surface area (Å²) in [6.45, 7) is 0. The number of nitrogens with zero attached hydrogens (tertiary/aromatic N) is 1. The number of para-hydroxylation sites is 2. The van der Waals surface area contributed by atoms with Crippen molar-refractivity contribution in [1.82, 2.24) is 0 Å². The maximum atomic E-state index is 6.60. The monoisotopic (exact) mass is 827 g/mol. The summed E-state index contributed by atoms with van der Waals surface area (Å²) in [5, 5.41) is 6.99. The lowest BCUT2D eigenvalue weighted by Gasteiger charge is -2.35. The molecule has 1 heterocycles. The van der Waals surface area contributed by atoms with Crippen molar-refractivity contribution in [3.8, 4) is 33.4 Å². The zero-order chi connectivity index (χ0) is 42.9. The first-order chi connectivity index (χ1) is 32.3. The second-order valence-electron chi connectivity index (χ2n) is 17.1. The van der Waals surface area contributed by atoms with Crippen molar-refractivity contribution < 1.29 is 4.42 Å². The van der Waals surface area contributed by atoms with E-state index in [2.05, 4.69) is 248 Å². The fourth-order valence-electron chi connectivity index (χ4n) is 10.9. The molecular formula is C63H41NO. The second kappa shape index (κ2) is 14.8. The molecule has 0 atom stereocenters. The Bertz CT molecular complexity index is 3730. The first-order valence-corrected chi connectivity index (χ1v) is 22.4. The summed E-state index contributed by atoms with van der Waals surface area (Å²) in [6, 6.07) is 90.9. The van der Waals surface area contributed by atoms with Crippen molar-refractivity contribution in [3.63, 3.8) is 0 Å². The molecule has 0 saturated heterocycles. The molecular weight excluding hydrogens is 787 g/mol. The van der Waals surface area contributed by atoms with Crippen LogP contribution in [0.4, 0.5) is 17.1 Å². The zero-order valence-corrected chi connectivity index (χ0v) is 35.5. The van der Waals surface area contributed by atoms with Gasteiger partial charge in [0.05, 0.1) is 11.1 Å². The molecule has 11 aromatic carbocycles. The van der Waals surface area contributed by atoms with Gasteiger partial charge in [0.25, 0.3) is 0 Å². The van der Waals surface area contributed by atoms with Crippen molar-refractivity contribution in [2.75, 3.05) is 4.90 Å². The number of benzene rings is 11. The van der Waals surface area contributed by atoms with Gasteiger partial charge < -0.3 is 9.32 Å². The van der Waals surface area contributed by atoms with E-state index in [1.165, 1.54) is 55.3 Å². The third-order valence-electron chi connectivity index (χ3n) is 13.8. The van der Waals surface area contributed by atoms with Crippen LogP contribution in [0.5, 0.6) is 0 Å². The molecule has 12 aromatic rings. The Morgan fingerprint density at radius 2 is 0.877 bits per heavy atom. The number of hydrogen-bond donors (Lipinski definition) is 0. The molecule has 0 bridgehead atoms. The lowest BCUT2D eigenvalue weighted by molar-refractivity contribution is 0.672. The average molecular weight is 828 g/mol. The summed E-state index contributed by atoms with van der Waals surface area (Å²) in [5.74, 6) is 0. The molecule has 1 aliphatic rings. The Morgan fingerprint density at radius 3 is 1.69 bits per heavy atom. The molecule has 65 heavy (non-hydrogen) atoms. The number of anilines is 3. The normalized spacial score (nSPS) is 12.7. The summed E-state index contributed by atoms with van der Waals surface area (Å²) in [7, 11) is 0. The highest BCUT2D eigenvalue weighted by Gasteiger charge is 2.46. The predicted octanol–water partition coefficient (Wildman–Crippen LogP) is 17.1. The Hall–Kier alpha value is -8.46. The Balaban J connectivity index is 1.06. The van der Waals surface area contributed by atoms with E-state index < -0.39 is 5.41 Å². The second-order valence-corrected chi connectivity index (χ2v) is 17.1. The van der Waals surface area contributed by atoms with Crippen LogP contribution in [0.3, 0.4) is 0 Å². The molecule has 0 amide bonds. The van der Waals surface area contributed by atoms with Gasteiger partial charge in [-0.1, -0.05) is 206 Å². The topological polar surface area (TPSA) is 16.4 Å². The van der Waals surface area contributed by atoms with Gasteiger partial charge in [-0.2, -0.15) is 0 Å². The molecule has 304 valence electrons. The highest BCUT2D eigenvalue weighted by molar-refractivity contribution is 6.18. The summed E-state index contributed by atoms with van der Waals surface area (Å²) >= 11 is 0. The minimum atomic E-state index is -0.540. The van der Waals surface area contributed by atoms with Crippen LogP contribution in [-0.2, 0) is 5.41 Å². The van der Waals surface area contributed by atoms with Crippen LogP contribution >= 0.6 is 0 Å². The molecule has 0 radical (unpaired) electrons. The molecule has 1 aromatic heterocycles. The highest BCUT2D eigenvalue weighted by atomic mass is 16.3. The minimum absolute atomic E-state index is 0.540. The lowest BCUT2D eigenvalue weighted by Crippen LogP contribution is -2.28. The van der Waals surface area contributed by atoms with E-state index in [-0.39, 0.29) is 0 Å². The standard InChI is InChI=1S/C63H41NO/c1-3-19-44(20-4-1)63(45-21-5-2-6-22-45)58-30-12-9-24-52(58)53-38-37-47(41-59(53)63)64(46-35-33-43(34-36-46)49-27-15-18-42-17-7-8-23-48(42)49)60-31-13-10-25-54(60)50-28-16-29-56-51(50)39-40-57-55-26-11-14-32-61(55)65-62(56)57/h1-41H. The number of furan rings is 1.